The van der Waals surface area contributed by atoms with Gasteiger partial charge < -0.3 is 19.5 Å². The Balaban J connectivity index is 1.46. The van der Waals surface area contributed by atoms with Crippen molar-refractivity contribution < 1.29 is 19.0 Å². The summed E-state index contributed by atoms with van der Waals surface area (Å²) in [6.07, 6.45) is 1.67. The number of benzene rings is 2. The lowest BCUT2D eigenvalue weighted by Crippen LogP contribution is -2.28. The number of nitrogens with one attached hydrogen (secondary N) is 1. The molecule has 0 spiro atoms. The van der Waals surface area contributed by atoms with Crippen LogP contribution in [0.1, 0.15) is 30.9 Å². The van der Waals surface area contributed by atoms with Crippen LogP contribution in [0.3, 0.4) is 0 Å². The van der Waals surface area contributed by atoms with Gasteiger partial charge in [-0.3, -0.25) is 4.79 Å². The highest BCUT2D eigenvalue weighted by atomic mass is 16.5. The van der Waals surface area contributed by atoms with Gasteiger partial charge in [-0.1, -0.05) is 38.1 Å². The van der Waals surface area contributed by atoms with Crippen LogP contribution in [0.2, 0.25) is 0 Å². The standard InChI is InChI=1S/C24H26N2O4/c1-17(2)19-6-4-8-21(12-19)29-16-23(27)25-14-18-10-11-24(26-15-18)30-22-9-5-7-20(13-22)28-3/h4-13,15,17H,14,16H2,1-3H3,(H,25,27). The number of rotatable bonds is 9. The van der Waals surface area contributed by atoms with Gasteiger partial charge in [0.05, 0.1) is 7.11 Å². The molecule has 2 aromatic carbocycles. The Morgan fingerprint density at radius 2 is 1.77 bits per heavy atom. The van der Waals surface area contributed by atoms with Gasteiger partial charge in [-0.2, -0.15) is 0 Å². The molecule has 0 radical (unpaired) electrons. The predicted octanol–water partition coefficient (Wildman–Crippen LogP) is 4.70. The van der Waals surface area contributed by atoms with E-state index in [2.05, 4.69) is 24.1 Å². The Morgan fingerprint density at radius 1 is 1.00 bits per heavy atom. The van der Waals surface area contributed by atoms with Crippen molar-refractivity contribution in [3.05, 3.63) is 78.0 Å². The first-order valence-corrected chi connectivity index (χ1v) is 9.80. The molecule has 0 atom stereocenters. The second kappa shape index (κ2) is 10.3. The number of hydrogen-bond acceptors (Lipinski definition) is 5. The van der Waals surface area contributed by atoms with Gasteiger partial charge in [-0.25, -0.2) is 4.98 Å². The molecule has 1 N–H and O–H groups in total. The maximum Gasteiger partial charge on any atom is 0.258 e. The van der Waals surface area contributed by atoms with Crippen LogP contribution in [0, 0.1) is 0 Å². The Kier molecular flexibility index (Phi) is 7.27. The van der Waals surface area contributed by atoms with Crippen LogP contribution < -0.4 is 19.5 Å². The minimum atomic E-state index is -0.193. The summed E-state index contributed by atoms with van der Waals surface area (Å²) in [5.41, 5.74) is 2.04. The van der Waals surface area contributed by atoms with E-state index in [1.165, 1.54) is 5.56 Å². The summed E-state index contributed by atoms with van der Waals surface area (Å²) in [6.45, 7) is 4.56. The zero-order valence-electron chi connectivity index (χ0n) is 17.4. The summed E-state index contributed by atoms with van der Waals surface area (Å²) in [6, 6.07) is 18.7. The number of amides is 1. The molecule has 1 aromatic heterocycles. The minimum Gasteiger partial charge on any atom is -0.497 e. The zero-order valence-corrected chi connectivity index (χ0v) is 17.4. The van der Waals surface area contributed by atoms with Gasteiger partial charge in [0.1, 0.15) is 17.2 Å². The van der Waals surface area contributed by atoms with E-state index in [1.807, 2.05) is 48.5 Å². The maximum atomic E-state index is 12.1. The van der Waals surface area contributed by atoms with Crippen molar-refractivity contribution in [2.75, 3.05) is 13.7 Å². The van der Waals surface area contributed by atoms with Crippen molar-refractivity contribution in [3.8, 4) is 23.1 Å². The third-order valence-corrected chi connectivity index (χ3v) is 4.45. The number of methoxy groups -OCH3 is 1. The number of carbonyl (C=O) groups is 1. The molecule has 30 heavy (non-hydrogen) atoms. The summed E-state index contributed by atoms with van der Waals surface area (Å²) >= 11 is 0. The van der Waals surface area contributed by atoms with Crippen molar-refractivity contribution in [2.45, 2.75) is 26.3 Å². The molecule has 3 rings (SSSR count). The Bertz CT molecular complexity index is 971. The molecule has 0 saturated heterocycles. The lowest BCUT2D eigenvalue weighted by molar-refractivity contribution is -0.123. The molecule has 6 heteroatoms. The highest BCUT2D eigenvalue weighted by Gasteiger charge is 2.06. The van der Waals surface area contributed by atoms with Gasteiger partial charge in [0.2, 0.25) is 5.88 Å². The van der Waals surface area contributed by atoms with Crippen molar-refractivity contribution in [3.63, 3.8) is 0 Å². The normalized spacial score (nSPS) is 10.5. The Labute approximate surface area is 176 Å². The fourth-order valence-electron chi connectivity index (χ4n) is 2.73. The number of ether oxygens (including phenoxy) is 3. The number of hydrogen-bond donors (Lipinski definition) is 1. The third kappa shape index (κ3) is 6.24. The van der Waals surface area contributed by atoms with Crippen molar-refractivity contribution >= 4 is 5.91 Å². The fourth-order valence-corrected chi connectivity index (χ4v) is 2.73. The van der Waals surface area contributed by atoms with Crippen molar-refractivity contribution in [1.82, 2.24) is 10.3 Å². The van der Waals surface area contributed by atoms with E-state index in [0.29, 0.717) is 35.6 Å². The topological polar surface area (TPSA) is 69.7 Å². The first-order valence-electron chi connectivity index (χ1n) is 9.80. The quantitative estimate of drug-likeness (QED) is 0.558. The van der Waals surface area contributed by atoms with Gasteiger partial charge in [0, 0.05) is 24.9 Å². The fraction of sp³-hybridized carbons (Fsp3) is 0.250. The second-order valence-electron chi connectivity index (χ2n) is 7.08. The van der Waals surface area contributed by atoms with E-state index >= 15 is 0 Å². The summed E-state index contributed by atoms with van der Waals surface area (Å²) in [7, 11) is 1.61. The molecule has 0 aliphatic carbocycles. The van der Waals surface area contributed by atoms with Crippen LogP contribution in [-0.2, 0) is 11.3 Å². The highest BCUT2D eigenvalue weighted by Crippen LogP contribution is 2.24. The summed E-state index contributed by atoms with van der Waals surface area (Å²) < 4.78 is 16.5. The van der Waals surface area contributed by atoms with Gasteiger partial charge in [-0.15, -0.1) is 0 Å². The molecular formula is C24H26N2O4. The number of aromatic nitrogens is 1. The molecule has 0 bridgehead atoms. The lowest BCUT2D eigenvalue weighted by atomic mass is 10.0. The monoisotopic (exact) mass is 406 g/mol. The van der Waals surface area contributed by atoms with E-state index in [9.17, 15) is 4.79 Å². The average molecular weight is 406 g/mol. The largest absolute Gasteiger partial charge is 0.497 e. The molecule has 156 valence electrons. The van der Waals surface area contributed by atoms with E-state index in [1.54, 1.807) is 25.4 Å². The average Bonchev–Trinajstić information content (AvgIpc) is 2.77. The predicted molar refractivity (Wildman–Crippen MR) is 115 cm³/mol. The van der Waals surface area contributed by atoms with Crippen LogP contribution in [0.25, 0.3) is 0 Å². The Morgan fingerprint density at radius 3 is 2.50 bits per heavy atom. The smallest absolute Gasteiger partial charge is 0.258 e. The molecule has 0 unspecified atom stereocenters. The van der Waals surface area contributed by atoms with E-state index < -0.39 is 0 Å². The molecule has 1 amide bonds. The van der Waals surface area contributed by atoms with Crippen molar-refractivity contribution in [2.24, 2.45) is 0 Å². The molecule has 1 heterocycles. The SMILES string of the molecule is COc1cccc(Oc2ccc(CNC(=O)COc3cccc(C(C)C)c3)cn2)c1. The maximum absolute atomic E-state index is 12.1. The van der Waals surface area contributed by atoms with Gasteiger partial charge in [0.25, 0.3) is 5.91 Å². The third-order valence-electron chi connectivity index (χ3n) is 4.45. The molecule has 0 aliphatic rings. The molecule has 6 nitrogen and oxygen atoms in total. The second-order valence-corrected chi connectivity index (χ2v) is 7.08. The molecule has 0 aliphatic heterocycles. The molecule has 0 saturated carbocycles. The first kappa shape index (κ1) is 21.2. The van der Waals surface area contributed by atoms with E-state index in [4.69, 9.17) is 14.2 Å². The van der Waals surface area contributed by atoms with Crippen LogP contribution in [0.15, 0.2) is 66.9 Å². The van der Waals surface area contributed by atoms with Crippen LogP contribution in [0.5, 0.6) is 23.1 Å². The Hall–Kier alpha value is -3.54. The molecule has 3 aromatic rings. The van der Waals surface area contributed by atoms with Gasteiger partial charge >= 0.3 is 0 Å². The van der Waals surface area contributed by atoms with Crippen LogP contribution >= 0.6 is 0 Å². The van der Waals surface area contributed by atoms with E-state index in [-0.39, 0.29) is 12.5 Å². The van der Waals surface area contributed by atoms with E-state index in [0.717, 1.165) is 5.56 Å². The first-order chi connectivity index (χ1) is 14.5. The van der Waals surface area contributed by atoms with Crippen LogP contribution in [-0.4, -0.2) is 24.6 Å². The minimum absolute atomic E-state index is 0.0357. The zero-order chi connectivity index (χ0) is 21.3. The highest BCUT2D eigenvalue weighted by molar-refractivity contribution is 5.77. The van der Waals surface area contributed by atoms with Crippen molar-refractivity contribution in [1.29, 1.82) is 0 Å². The number of pyridine rings is 1. The number of nitrogens with zero attached hydrogens (tertiary/aromatic N) is 1. The molecular weight excluding hydrogens is 380 g/mol. The summed E-state index contributed by atoms with van der Waals surface area (Å²) in [4.78, 5) is 16.4. The van der Waals surface area contributed by atoms with Gasteiger partial charge in [0.15, 0.2) is 6.61 Å². The number of carbonyl (C=O) groups excluding carboxylic acids is 1. The summed E-state index contributed by atoms with van der Waals surface area (Å²) in [5.74, 6) is 2.72. The van der Waals surface area contributed by atoms with Gasteiger partial charge in [-0.05, 0) is 41.3 Å². The molecule has 0 fully saturated rings. The lowest BCUT2D eigenvalue weighted by Gasteiger charge is -2.10. The summed E-state index contributed by atoms with van der Waals surface area (Å²) in [5, 5.41) is 2.83. The van der Waals surface area contributed by atoms with Crippen LogP contribution in [0.4, 0.5) is 0 Å².